The van der Waals surface area contributed by atoms with E-state index in [4.69, 9.17) is 4.74 Å². The molecule has 0 aliphatic carbocycles. The van der Waals surface area contributed by atoms with Crippen molar-refractivity contribution >= 4 is 33.5 Å². The predicted molar refractivity (Wildman–Crippen MR) is 78.2 cm³/mol. The highest BCUT2D eigenvalue weighted by molar-refractivity contribution is 14.1. The Balaban J connectivity index is 2.01. The zero-order valence-electron chi connectivity index (χ0n) is 10.2. The average Bonchev–Trinajstić information content (AvgIpc) is 2.67. The molecule has 0 aliphatic heterocycles. The molecule has 92 valence electrons. The number of rotatable bonds is 5. The molecule has 0 N–H and O–H groups in total. The minimum atomic E-state index is 0.310. The van der Waals surface area contributed by atoms with E-state index in [2.05, 4.69) is 64.4 Å². The van der Waals surface area contributed by atoms with Crippen molar-refractivity contribution in [2.45, 2.75) is 32.9 Å². The molecule has 3 nitrogen and oxygen atoms in total. The second-order valence-electron chi connectivity index (χ2n) is 4.34. The van der Waals surface area contributed by atoms with E-state index in [0.717, 1.165) is 19.6 Å². The molecule has 2 rings (SSSR count). The van der Waals surface area contributed by atoms with Gasteiger partial charge >= 0.3 is 0 Å². The van der Waals surface area contributed by atoms with Crippen molar-refractivity contribution < 1.29 is 4.74 Å². The van der Waals surface area contributed by atoms with Gasteiger partial charge in [0, 0.05) is 22.1 Å². The maximum Gasteiger partial charge on any atom is 0.0692 e. The predicted octanol–water partition coefficient (Wildman–Crippen LogP) is 3.46. The fourth-order valence-corrected chi connectivity index (χ4v) is 2.23. The van der Waals surface area contributed by atoms with E-state index in [1.165, 1.54) is 14.5 Å². The second-order valence-corrected chi connectivity index (χ2v) is 5.59. The first-order valence-electron chi connectivity index (χ1n) is 5.89. The maximum absolute atomic E-state index is 5.53. The monoisotopic (exact) mass is 344 g/mol. The maximum atomic E-state index is 5.53. The van der Waals surface area contributed by atoms with Crippen molar-refractivity contribution in [3.05, 3.63) is 28.0 Å². The summed E-state index contributed by atoms with van der Waals surface area (Å²) in [5, 5.41) is 5.61. The van der Waals surface area contributed by atoms with Crippen molar-refractivity contribution in [1.29, 1.82) is 0 Å². The summed E-state index contributed by atoms with van der Waals surface area (Å²) in [4.78, 5) is 0. The number of fused-ring (bicyclic) bond motifs is 1. The van der Waals surface area contributed by atoms with Gasteiger partial charge in [0.05, 0.1) is 17.8 Å². The van der Waals surface area contributed by atoms with Crippen LogP contribution in [0.25, 0.3) is 10.9 Å². The van der Waals surface area contributed by atoms with Gasteiger partial charge in [0.15, 0.2) is 0 Å². The summed E-state index contributed by atoms with van der Waals surface area (Å²) in [7, 11) is 0. The van der Waals surface area contributed by atoms with Crippen LogP contribution >= 0.6 is 22.6 Å². The minimum absolute atomic E-state index is 0.310. The van der Waals surface area contributed by atoms with Crippen LogP contribution in [0.1, 0.15) is 20.3 Å². The molecule has 0 atom stereocenters. The first-order chi connectivity index (χ1) is 8.16. The number of ether oxygens (including phenoxy) is 1. The highest BCUT2D eigenvalue weighted by Gasteiger charge is 2.03. The van der Waals surface area contributed by atoms with Gasteiger partial charge in [-0.1, -0.05) is 6.07 Å². The summed E-state index contributed by atoms with van der Waals surface area (Å²) in [5.74, 6) is 0. The van der Waals surface area contributed by atoms with Gasteiger partial charge < -0.3 is 4.74 Å². The van der Waals surface area contributed by atoms with Gasteiger partial charge in [0.25, 0.3) is 0 Å². The molecule has 1 aromatic heterocycles. The number of nitrogens with zero attached hydrogens (tertiary/aromatic N) is 2. The molecule has 1 aromatic carbocycles. The van der Waals surface area contributed by atoms with Crippen LogP contribution < -0.4 is 0 Å². The third-order valence-corrected chi connectivity index (χ3v) is 3.24. The summed E-state index contributed by atoms with van der Waals surface area (Å²) >= 11 is 2.33. The van der Waals surface area contributed by atoms with Crippen LogP contribution in [0.2, 0.25) is 0 Å². The molecule has 0 fully saturated rings. The molecule has 17 heavy (non-hydrogen) atoms. The number of aromatic nitrogens is 2. The zero-order valence-corrected chi connectivity index (χ0v) is 12.3. The molecule has 0 amide bonds. The van der Waals surface area contributed by atoms with Gasteiger partial charge in [-0.3, -0.25) is 4.68 Å². The smallest absolute Gasteiger partial charge is 0.0692 e. The zero-order chi connectivity index (χ0) is 12.3. The van der Waals surface area contributed by atoms with Crippen molar-refractivity contribution in [2.24, 2.45) is 0 Å². The van der Waals surface area contributed by atoms with Crippen LogP contribution in [-0.2, 0) is 11.3 Å². The van der Waals surface area contributed by atoms with Crippen LogP contribution in [0.4, 0.5) is 0 Å². The van der Waals surface area contributed by atoms with Gasteiger partial charge in [-0.25, -0.2) is 0 Å². The summed E-state index contributed by atoms with van der Waals surface area (Å²) in [6, 6.07) is 6.40. The van der Waals surface area contributed by atoms with E-state index in [9.17, 15) is 0 Å². The molecular formula is C13H17IN2O. The summed E-state index contributed by atoms with van der Waals surface area (Å²) in [5.41, 5.74) is 1.21. The molecule has 0 aliphatic rings. The molecule has 4 heteroatoms. The van der Waals surface area contributed by atoms with E-state index in [-0.39, 0.29) is 0 Å². The van der Waals surface area contributed by atoms with Gasteiger partial charge in [-0.2, -0.15) is 5.10 Å². The van der Waals surface area contributed by atoms with Gasteiger partial charge in [-0.15, -0.1) is 0 Å². The van der Waals surface area contributed by atoms with E-state index in [1.807, 2.05) is 6.20 Å². The van der Waals surface area contributed by atoms with Gasteiger partial charge in [0.2, 0.25) is 0 Å². The fourth-order valence-electron chi connectivity index (χ4n) is 1.76. The van der Waals surface area contributed by atoms with Crippen molar-refractivity contribution in [2.75, 3.05) is 6.61 Å². The van der Waals surface area contributed by atoms with Crippen LogP contribution in [0, 0.1) is 3.57 Å². The van der Waals surface area contributed by atoms with Gasteiger partial charge in [0.1, 0.15) is 0 Å². The van der Waals surface area contributed by atoms with Crippen LogP contribution in [0.3, 0.4) is 0 Å². The number of hydrogen-bond donors (Lipinski definition) is 0. The first-order valence-corrected chi connectivity index (χ1v) is 6.97. The van der Waals surface area contributed by atoms with Crippen molar-refractivity contribution in [1.82, 2.24) is 9.78 Å². The molecule has 1 heterocycles. The van der Waals surface area contributed by atoms with Crippen molar-refractivity contribution in [3.63, 3.8) is 0 Å². The van der Waals surface area contributed by atoms with E-state index in [1.54, 1.807) is 0 Å². The topological polar surface area (TPSA) is 27.1 Å². The Bertz CT molecular complexity index is 493. The molecule has 2 aromatic rings. The summed E-state index contributed by atoms with van der Waals surface area (Å²) in [6.45, 7) is 5.83. The molecule has 0 saturated carbocycles. The standard InChI is InChI=1S/C13H17IN2O/c1-10(2)17-7-3-6-16-13-8-12(14)5-4-11(13)9-15-16/h4-5,8-10H,3,6-7H2,1-2H3. The SMILES string of the molecule is CC(C)OCCCn1ncc2ccc(I)cc21. The average molecular weight is 344 g/mol. The van der Waals surface area contributed by atoms with Crippen LogP contribution in [-0.4, -0.2) is 22.5 Å². The lowest BCUT2D eigenvalue weighted by Gasteiger charge is -2.07. The molecule has 0 bridgehead atoms. The first kappa shape index (κ1) is 12.8. The second kappa shape index (κ2) is 5.82. The highest BCUT2D eigenvalue weighted by Crippen LogP contribution is 2.17. The van der Waals surface area contributed by atoms with E-state index < -0.39 is 0 Å². The molecule has 0 spiro atoms. The normalized spacial score (nSPS) is 11.5. The minimum Gasteiger partial charge on any atom is -0.379 e. The number of benzene rings is 1. The number of halogens is 1. The molecule has 0 unspecified atom stereocenters. The third kappa shape index (κ3) is 3.42. The highest BCUT2D eigenvalue weighted by atomic mass is 127. The van der Waals surface area contributed by atoms with Crippen molar-refractivity contribution in [3.8, 4) is 0 Å². The summed E-state index contributed by atoms with van der Waals surface area (Å²) < 4.78 is 8.84. The number of aryl methyl sites for hydroxylation is 1. The Morgan fingerprint density at radius 3 is 3.00 bits per heavy atom. The molecule has 0 saturated heterocycles. The lowest BCUT2D eigenvalue weighted by Crippen LogP contribution is -2.08. The van der Waals surface area contributed by atoms with Crippen LogP contribution in [0.15, 0.2) is 24.4 Å². The lowest BCUT2D eigenvalue weighted by atomic mass is 10.2. The van der Waals surface area contributed by atoms with E-state index in [0.29, 0.717) is 6.10 Å². The molecule has 0 radical (unpaired) electrons. The Morgan fingerprint density at radius 1 is 1.41 bits per heavy atom. The Morgan fingerprint density at radius 2 is 2.24 bits per heavy atom. The number of hydrogen-bond acceptors (Lipinski definition) is 2. The van der Waals surface area contributed by atoms with E-state index >= 15 is 0 Å². The van der Waals surface area contributed by atoms with Crippen LogP contribution in [0.5, 0.6) is 0 Å². The lowest BCUT2D eigenvalue weighted by molar-refractivity contribution is 0.0745. The third-order valence-electron chi connectivity index (χ3n) is 2.57. The van der Waals surface area contributed by atoms with Gasteiger partial charge in [-0.05, 0) is 55.0 Å². The quantitative estimate of drug-likeness (QED) is 0.614. The fraction of sp³-hybridized carbons (Fsp3) is 0.462. The molecular weight excluding hydrogens is 327 g/mol. The Labute approximate surface area is 115 Å². The Kier molecular flexibility index (Phi) is 4.39. The summed E-state index contributed by atoms with van der Waals surface area (Å²) in [6.07, 6.45) is 3.24. The Hall–Kier alpha value is -0.620. The largest absolute Gasteiger partial charge is 0.379 e.